The third-order valence-corrected chi connectivity index (χ3v) is 16.3. The third-order valence-electron chi connectivity index (χ3n) is 15.4. The van der Waals surface area contributed by atoms with Crippen LogP contribution in [0.2, 0.25) is 10.0 Å². The second-order valence-electron chi connectivity index (χ2n) is 22.3. The monoisotopic (exact) mass is 1540 g/mol. The van der Waals surface area contributed by atoms with Gasteiger partial charge in [0.25, 0.3) is 0 Å². The Morgan fingerprint density at radius 1 is 0.422 bits per heavy atom. The Bertz CT molecular complexity index is 6210. The van der Waals surface area contributed by atoms with Crippen molar-refractivity contribution in [2.45, 2.75) is 25.1 Å². The molecule has 4 aliphatic rings. The lowest BCUT2D eigenvalue weighted by Gasteiger charge is -2.20. The predicted octanol–water partition coefficient (Wildman–Crippen LogP) is 8.22. The van der Waals surface area contributed by atoms with E-state index in [4.69, 9.17) is 39.5 Å². The Kier molecular flexibility index (Phi) is 18.4. The number of aromatic nitrogens is 30. The summed E-state index contributed by atoms with van der Waals surface area (Å²) in [4.78, 5) is 67.9. The molecular weight excluding hydrogens is 1510 g/mol. The van der Waals surface area contributed by atoms with Crippen LogP contribution >= 0.6 is 34.8 Å². The van der Waals surface area contributed by atoms with Gasteiger partial charge in [0.05, 0.1) is 44.6 Å². The van der Waals surface area contributed by atoms with Gasteiger partial charge in [-0.1, -0.05) is 51.2 Å². The van der Waals surface area contributed by atoms with Crippen molar-refractivity contribution in [3.05, 3.63) is 177 Å². The number of allylic oxidation sites excluding steroid dienone is 2. The molecule has 4 aromatic carbocycles. The zero-order valence-electron chi connectivity index (χ0n) is 53.6. The van der Waals surface area contributed by atoms with Crippen molar-refractivity contribution in [3.8, 4) is 126 Å². The molecule has 0 spiro atoms. The van der Waals surface area contributed by atoms with Gasteiger partial charge in [-0.25, -0.2) is 68.7 Å². The van der Waals surface area contributed by atoms with Crippen molar-refractivity contribution in [2.75, 3.05) is 6.61 Å². The maximum atomic E-state index is 13.0. The standard InChI is InChI=1S/C13H11ClN6O.C13H6F2N4O4.C12H5ClN6O3.C12H6F2N6O2.C11H5ClN8O/c14-9-4-8(3-7-1-2-21-12(7)9)10-5-11(16-6-15-10)13-17-19-20-18-13;14-13(15)21-9-2-1-6(3-10(9)22-13)7-4-8(17-5-16-7)11-18-12(20)23-19-11;13-6-1-5(2-8-10(6)18-22-17-8)7-3-9(15-4-14-7)11-16-12(20)21-19-11;13-12(14)21-9-2-1-6(3-10(9)22-12)7-4-8(16-5-15-7)11-17-19-20-18-11;12-6-1-5(2-8-10(6)18-21-17-8)7-3-9(14-4-13-7)11-15-19-20-16-11/h3-7,12H,1-2H2,(H,17,18,19,20);1-5H,(H,18,19,20);1-4H,(H,16,19,20);1-5H,(H,17,18,19,20);1-4H,(H,15,16,19,20). The summed E-state index contributed by atoms with van der Waals surface area (Å²) in [6.45, 7) is 0.737. The lowest BCUT2D eigenvalue weighted by molar-refractivity contribution is -0.287. The average molecular weight is 1540 g/mol. The minimum atomic E-state index is -3.68. The quantitative estimate of drug-likeness (QED) is 0.0804. The minimum absolute atomic E-state index is 0.00562. The largest absolute Gasteiger partial charge is 0.586 e. The lowest BCUT2D eigenvalue weighted by Crippen LogP contribution is -2.25. The highest BCUT2D eigenvalue weighted by atomic mass is 35.5. The molecule has 3 aliphatic heterocycles. The predicted molar refractivity (Wildman–Crippen MR) is 357 cm³/mol. The van der Waals surface area contributed by atoms with E-state index in [-0.39, 0.29) is 40.8 Å². The van der Waals surface area contributed by atoms with Crippen LogP contribution in [0.1, 0.15) is 12.1 Å². The molecule has 1 aliphatic carbocycles. The van der Waals surface area contributed by atoms with Crippen LogP contribution in [0.15, 0.2) is 168 Å². The number of benzene rings is 4. The molecule has 12 aromatic heterocycles. The Morgan fingerprint density at radius 3 is 1.24 bits per heavy atom. The molecule has 2 unspecified atom stereocenters. The smallest absolute Gasteiger partial charge is 0.395 e. The fourth-order valence-electron chi connectivity index (χ4n) is 10.6. The number of nitrogens with zero attached hydrogens (tertiary/aromatic N) is 25. The number of fused-ring (bicyclic) bond motifs is 5. The van der Waals surface area contributed by atoms with E-state index in [2.05, 4.69) is 196 Å². The van der Waals surface area contributed by atoms with Crippen molar-refractivity contribution >= 4 is 62.4 Å². The highest BCUT2D eigenvalue weighted by Gasteiger charge is 2.45. The average Bonchev–Trinajstić information content (AvgIpc) is 1.44. The summed E-state index contributed by atoms with van der Waals surface area (Å²) in [7, 11) is 0. The third kappa shape index (κ3) is 15.2. The molecule has 20 rings (SSSR count). The van der Waals surface area contributed by atoms with Crippen LogP contribution in [0.5, 0.6) is 23.0 Å². The van der Waals surface area contributed by atoms with E-state index in [9.17, 15) is 27.2 Å². The van der Waals surface area contributed by atoms with E-state index in [1.54, 1.807) is 54.6 Å². The van der Waals surface area contributed by atoms with E-state index in [1.807, 2.05) is 12.1 Å². The first-order chi connectivity index (χ1) is 52.9. The fraction of sp³-hybridized carbons (Fsp3) is 0.0984. The summed E-state index contributed by atoms with van der Waals surface area (Å²) in [5.74, 6) is 0.159. The molecule has 15 heterocycles. The van der Waals surface area contributed by atoms with Crippen LogP contribution in [0.25, 0.3) is 130 Å². The molecule has 16 aromatic rings. The topological polar surface area (TPSA) is 534 Å². The number of hydrogen-bond donors (Lipinski definition) is 5. The molecule has 1 saturated heterocycles. The molecule has 5 N–H and O–H groups in total. The number of ether oxygens (including phenoxy) is 5. The van der Waals surface area contributed by atoms with E-state index < -0.39 is 24.1 Å². The normalized spacial score (nSPS) is 15.3. The number of tetrazole rings is 3. The highest BCUT2D eigenvalue weighted by molar-refractivity contribution is 6.35. The number of halogens is 7. The highest BCUT2D eigenvalue weighted by Crippen LogP contribution is 2.45. The lowest BCUT2D eigenvalue weighted by atomic mass is 9.91. The summed E-state index contributed by atoms with van der Waals surface area (Å²) in [6, 6.07) is 23.9. The molecule has 2 atom stereocenters. The first kappa shape index (κ1) is 68.8. The number of alkyl halides is 4. The Hall–Kier alpha value is -14.6. The maximum Gasteiger partial charge on any atom is 0.586 e. The van der Waals surface area contributed by atoms with Crippen LogP contribution in [0, 0.1) is 5.92 Å². The van der Waals surface area contributed by atoms with Crippen molar-refractivity contribution in [2.24, 2.45) is 5.92 Å². The summed E-state index contributed by atoms with van der Waals surface area (Å²) in [5, 5.41) is 64.5. The Labute approximate surface area is 611 Å². The Morgan fingerprint density at radius 2 is 0.817 bits per heavy atom. The number of nitrogens with one attached hydrogen (secondary N) is 5. The first-order valence-corrected chi connectivity index (χ1v) is 31.9. The van der Waals surface area contributed by atoms with Crippen molar-refractivity contribution < 1.29 is 59.6 Å². The molecule has 41 nitrogen and oxygen atoms in total. The van der Waals surface area contributed by atoms with E-state index in [0.29, 0.717) is 123 Å². The van der Waals surface area contributed by atoms with Crippen molar-refractivity contribution in [1.29, 1.82) is 0 Å². The second kappa shape index (κ2) is 29.1. The van der Waals surface area contributed by atoms with Gasteiger partial charge >= 0.3 is 24.1 Å². The first-order valence-electron chi connectivity index (χ1n) is 30.7. The second-order valence-corrected chi connectivity index (χ2v) is 23.5. The number of hydrogen-bond acceptors (Lipinski definition) is 36. The summed E-state index contributed by atoms with van der Waals surface area (Å²) in [6.07, 6.45) is 4.51. The molecule has 1 fully saturated rings. The summed E-state index contributed by atoms with van der Waals surface area (Å²) < 4.78 is 93.4. The molecule has 0 radical (unpaired) electrons. The maximum absolute atomic E-state index is 13.0. The van der Waals surface area contributed by atoms with E-state index >= 15 is 0 Å². The molecule has 109 heavy (non-hydrogen) atoms. The van der Waals surface area contributed by atoms with Gasteiger partial charge in [-0.15, -0.1) is 48.2 Å². The van der Waals surface area contributed by atoms with Crippen LogP contribution < -0.4 is 30.5 Å². The van der Waals surface area contributed by atoms with E-state index in [1.165, 1.54) is 62.0 Å². The van der Waals surface area contributed by atoms with Gasteiger partial charge in [0.1, 0.15) is 71.1 Å². The van der Waals surface area contributed by atoms with Gasteiger partial charge in [0.15, 0.2) is 34.0 Å². The van der Waals surface area contributed by atoms with Gasteiger partial charge < -0.3 is 23.7 Å². The van der Waals surface area contributed by atoms with Gasteiger partial charge in [-0.05, 0) is 145 Å². The molecule has 48 heteroatoms. The van der Waals surface area contributed by atoms with Crippen LogP contribution in [-0.2, 0) is 4.74 Å². The van der Waals surface area contributed by atoms with Gasteiger partial charge in [0, 0.05) is 39.8 Å². The van der Waals surface area contributed by atoms with Crippen molar-refractivity contribution in [1.82, 2.24) is 153 Å². The van der Waals surface area contributed by atoms with E-state index in [0.717, 1.165) is 34.9 Å². The zero-order chi connectivity index (χ0) is 74.8. The van der Waals surface area contributed by atoms with Gasteiger partial charge in [-0.2, -0.15) is 15.6 Å². The van der Waals surface area contributed by atoms with Crippen molar-refractivity contribution in [3.63, 3.8) is 0 Å². The summed E-state index contributed by atoms with van der Waals surface area (Å²) in [5.41, 5.74) is 10.8. The van der Waals surface area contributed by atoms with Crippen LogP contribution in [0.4, 0.5) is 17.6 Å². The number of H-pyrrole nitrogens is 5. The number of aromatic amines is 5. The molecule has 0 saturated carbocycles. The zero-order valence-corrected chi connectivity index (χ0v) is 55.9. The molecule has 542 valence electrons. The minimum Gasteiger partial charge on any atom is -0.395 e. The molecule has 0 amide bonds. The summed E-state index contributed by atoms with van der Waals surface area (Å²) >= 11 is 18.6. The SMILES string of the molecule is ClC1=CC(c2cc(-c3nn[nH]n3)ncn2)=CC2CCOC12.Clc1cc(-c2cc(-c3nn[nH]n3)ncn2)cc2nonc12.FC1(F)Oc2ccc(-c3cc(-c4nn[nH]n4)ncn3)cc2O1.O=c1[nH]c(-c2cc(-c3cc(Cl)c4nonc4c3)ncn2)no1.O=c1[nH]c(-c2cc(-c3ccc4c(c3)OC(F)(F)O4)ncn2)no1. The van der Waals surface area contributed by atoms with Crippen LogP contribution in [0.3, 0.4) is 0 Å². The molecule has 0 bridgehead atoms. The number of rotatable bonds is 10. The molecular formula is C61H33Cl3F4N30O11. The van der Waals surface area contributed by atoms with Crippen LogP contribution in [-0.4, -0.2) is 178 Å². The fourth-order valence-corrected chi connectivity index (χ4v) is 11.5. The Balaban J connectivity index is 0.000000104. The van der Waals surface area contributed by atoms with Gasteiger partial charge in [0.2, 0.25) is 29.1 Å². The van der Waals surface area contributed by atoms with Gasteiger partial charge in [-0.3, -0.25) is 19.0 Å².